The molecular weight excluding hydrogens is 282 g/mol. The van der Waals surface area contributed by atoms with Crippen LogP contribution in [0.25, 0.3) is 0 Å². The first-order valence-corrected chi connectivity index (χ1v) is 7.05. The van der Waals surface area contributed by atoms with Crippen LogP contribution in [0.1, 0.15) is 38.1 Å². The molecule has 1 atom stereocenters. The van der Waals surface area contributed by atoms with Crippen LogP contribution >= 0.6 is 0 Å². The van der Waals surface area contributed by atoms with Gasteiger partial charge in [-0.15, -0.1) is 0 Å². The molecule has 1 heterocycles. The van der Waals surface area contributed by atoms with Crippen molar-refractivity contribution in [1.29, 1.82) is 0 Å². The van der Waals surface area contributed by atoms with Crippen molar-refractivity contribution in [3.8, 4) is 5.95 Å². The third-order valence-corrected chi connectivity index (χ3v) is 3.38. The van der Waals surface area contributed by atoms with E-state index in [1.807, 2.05) is 51.1 Å². The van der Waals surface area contributed by atoms with Gasteiger partial charge in [-0.2, -0.15) is 0 Å². The average molecular weight is 303 g/mol. The maximum absolute atomic E-state index is 11.9. The highest BCUT2D eigenvalue weighted by Gasteiger charge is 2.37. The minimum Gasteiger partial charge on any atom is -0.468 e. The van der Waals surface area contributed by atoms with Crippen molar-refractivity contribution in [2.75, 3.05) is 7.11 Å². The fraction of sp³-hybridized carbons (Fsp3) is 0.353. The zero-order valence-electron chi connectivity index (χ0n) is 13.2. The van der Waals surface area contributed by atoms with Crippen LogP contribution in [0.15, 0.2) is 46.9 Å². The molecule has 0 aliphatic heterocycles. The largest absolute Gasteiger partial charge is 0.468 e. The zero-order chi connectivity index (χ0) is 16.3. The second kappa shape index (κ2) is 6.13. The fourth-order valence-corrected chi connectivity index (χ4v) is 2.45. The van der Waals surface area contributed by atoms with E-state index in [9.17, 15) is 9.90 Å². The first kappa shape index (κ1) is 15.9. The zero-order valence-corrected chi connectivity index (χ0v) is 13.2. The smallest absolute Gasteiger partial charge is 0.408 e. The molecule has 0 saturated heterocycles. The average Bonchev–Trinajstić information content (AvgIpc) is 2.92. The first-order chi connectivity index (χ1) is 10.3. The second-order valence-electron chi connectivity index (χ2n) is 6.00. The Morgan fingerprint density at radius 2 is 1.82 bits per heavy atom. The van der Waals surface area contributed by atoms with Crippen molar-refractivity contribution in [2.24, 2.45) is 0 Å². The molecule has 0 aliphatic carbocycles. The molecule has 22 heavy (non-hydrogen) atoms. The molecule has 0 radical (unpaired) electrons. The summed E-state index contributed by atoms with van der Waals surface area (Å²) in [5.41, 5.74) is 0.253. The highest BCUT2D eigenvalue weighted by atomic mass is 16.6. The third-order valence-electron chi connectivity index (χ3n) is 3.38. The monoisotopic (exact) mass is 303 g/mol. The minimum absolute atomic E-state index is 0.357. The van der Waals surface area contributed by atoms with Gasteiger partial charge in [-0.3, -0.25) is 4.90 Å². The summed E-state index contributed by atoms with van der Waals surface area (Å²) in [6.07, 6.45) is -1.00. The van der Waals surface area contributed by atoms with Gasteiger partial charge in [0.15, 0.2) is 0 Å². The van der Waals surface area contributed by atoms with Gasteiger partial charge < -0.3 is 14.3 Å². The molecule has 5 nitrogen and oxygen atoms in total. The maximum atomic E-state index is 11.9. The third kappa shape index (κ3) is 3.24. The number of hydrogen-bond donors (Lipinski definition) is 1. The number of hydrogen-bond acceptors (Lipinski definition) is 3. The standard InChI is InChI=1S/C17H21NO4/c1-17(2,3)18(16(19)20)15(12-8-6-5-7-9-12)13-10-11-14(21-4)22-13/h5-11,15H,1-4H3,(H,19,20). The maximum Gasteiger partial charge on any atom is 0.408 e. The van der Waals surface area contributed by atoms with Gasteiger partial charge in [-0.25, -0.2) is 4.79 Å². The SMILES string of the molecule is COc1ccc(C(c2ccccc2)N(C(=O)O)C(C)(C)C)o1. The van der Waals surface area contributed by atoms with Crippen LogP contribution in [0, 0.1) is 0 Å². The van der Waals surface area contributed by atoms with E-state index in [0.29, 0.717) is 11.7 Å². The summed E-state index contributed by atoms with van der Waals surface area (Å²) in [4.78, 5) is 13.3. The molecule has 0 aliphatic rings. The van der Waals surface area contributed by atoms with Crippen LogP contribution in [-0.2, 0) is 0 Å². The molecule has 1 aromatic carbocycles. The van der Waals surface area contributed by atoms with Crippen molar-refractivity contribution in [2.45, 2.75) is 32.4 Å². The van der Waals surface area contributed by atoms with E-state index in [4.69, 9.17) is 9.15 Å². The summed E-state index contributed by atoms with van der Waals surface area (Å²) >= 11 is 0. The van der Waals surface area contributed by atoms with Gasteiger partial charge in [0.05, 0.1) is 7.11 Å². The van der Waals surface area contributed by atoms with Crippen LogP contribution in [0.4, 0.5) is 4.79 Å². The Hall–Kier alpha value is -2.43. The Kier molecular flexibility index (Phi) is 4.45. The molecule has 0 fully saturated rings. The Morgan fingerprint density at radius 3 is 2.27 bits per heavy atom. The summed E-state index contributed by atoms with van der Waals surface area (Å²) in [6, 6.07) is 12.3. The molecule has 1 amide bonds. The van der Waals surface area contributed by atoms with E-state index >= 15 is 0 Å². The van der Waals surface area contributed by atoms with E-state index < -0.39 is 17.7 Å². The molecule has 118 valence electrons. The van der Waals surface area contributed by atoms with E-state index in [0.717, 1.165) is 5.56 Å². The number of ether oxygens (including phenoxy) is 1. The number of rotatable bonds is 4. The molecule has 0 saturated carbocycles. The number of methoxy groups -OCH3 is 1. The van der Waals surface area contributed by atoms with E-state index in [-0.39, 0.29) is 0 Å². The van der Waals surface area contributed by atoms with Crippen LogP contribution < -0.4 is 4.74 Å². The van der Waals surface area contributed by atoms with E-state index in [2.05, 4.69) is 0 Å². The molecule has 5 heteroatoms. The molecular formula is C17H21NO4. The van der Waals surface area contributed by atoms with Crippen LogP contribution in [0.2, 0.25) is 0 Å². The first-order valence-electron chi connectivity index (χ1n) is 7.05. The van der Waals surface area contributed by atoms with Gasteiger partial charge in [0.2, 0.25) is 0 Å². The Labute approximate surface area is 130 Å². The Morgan fingerprint density at radius 1 is 1.18 bits per heavy atom. The van der Waals surface area contributed by atoms with Crippen molar-refractivity contribution < 1.29 is 19.1 Å². The number of amides is 1. The molecule has 2 aromatic rings. The molecule has 1 unspecified atom stereocenters. The highest BCUT2D eigenvalue weighted by Crippen LogP contribution is 2.36. The Bertz CT molecular complexity index is 628. The van der Waals surface area contributed by atoms with Gasteiger partial charge in [-0.1, -0.05) is 30.3 Å². The molecule has 0 spiro atoms. The summed E-state index contributed by atoms with van der Waals surface area (Å²) in [7, 11) is 1.51. The van der Waals surface area contributed by atoms with Gasteiger partial charge in [0.25, 0.3) is 5.95 Å². The lowest BCUT2D eigenvalue weighted by Crippen LogP contribution is -2.47. The minimum atomic E-state index is -1.00. The Balaban J connectivity index is 2.56. The number of furan rings is 1. The number of nitrogens with zero attached hydrogens (tertiary/aromatic N) is 1. The lowest BCUT2D eigenvalue weighted by atomic mass is 9.97. The number of benzene rings is 1. The summed E-state index contributed by atoms with van der Waals surface area (Å²) < 4.78 is 10.7. The highest BCUT2D eigenvalue weighted by molar-refractivity contribution is 5.67. The van der Waals surface area contributed by atoms with Crippen molar-refractivity contribution in [3.63, 3.8) is 0 Å². The fourth-order valence-electron chi connectivity index (χ4n) is 2.45. The van der Waals surface area contributed by atoms with Gasteiger partial charge >= 0.3 is 6.09 Å². The van der Waals surface area contributed by atoms with E-state index in [1.54, 1.807) is 12.1 Å². The molecule has 1 N–H and O–H groups in total. The van der Waals surface area contributed by atoms with E-state index in [1.165, 1.54) is 12.0 Å². The van der Waals surface area contributed by atoms with Gasteiger partial charge in [0.1, 0.15) is 11.8 Å². The number of carboxylic acid groups (broad SMARTS) is 1. The van der Waals surface area contributed by atoms with Gasteiger partial charge in [0, 0.05) is 11.6 Å². The molecule has 2 rings (SSSR count). The van der Waals surface area contributed by atoms with Crippen LogP contribution in [0.3, 0.4) is 0 Å². The lowest BCUT2D eigenvalue weighted by molar-refractivity contribution is 0.0734. The predicted molar refractivity (Wildman–Crippen MR) is 83.2 cm³/mol. The molecule has 0 bridgehead atoms. The van der Waals surface area contributed by atoms with Crippen molar-refractivity contribution in [1.82, 2.24) is 4.90 Å². The van der Waals surface area contributed by atoms with Crippen molar-refractivity contribution in [3.05, 3.63) is 53.8 Å². The number of carbonyl (C=O) groups is 1. The summed E-state index contributed by atoms with van der Waals surface area (Å²) in [5.74, 6) is 0.885. The van der Waals surface area contributed by atoms with Gasteiger partial charge in [-0.05, 0) is 32.4 Å². The van der Waals surface area contributed by atoms with Crippen molar-refractivity contribution >= 4 is 6.09 Å². The quantitative estimate of drug-likeness (QED) is 0.921. The van der Waals surface area contributed by atoms with Crippen LogP contribution in [-0.4, -0.2) is 28.7 Å². The lowest BCUT2D eigenvalue weighted by Gasteiger charge is -2.38. The summed E-state index contributed by atoms with van der Waals surface area (Å²) in [6.45, 7) is 5.58. The predicted octanol–water partition coefficient (Wildman–Crippen LogP) is 4.16. The molecule has 1 aromatic heterocycles. The topological polar surface area (TPSA) is 62.9 Å². The summed E-state index contributed by atoms with van der Waals surface area (Å²) in [5, 5.41) is 9.72. The normalized spacial score (nSPS) is 12.7. The van der Waals surface area contributed by atoms with Crippen LogP contribution in [0.5, 0.6) is 5.95 Å². The second-order valence-corrected chi connectivity index (χ2v) is 6.00.